The summed E-state index contributed by atoms with van der Waals surface area (Å²) in [6.07, 6.45) is 7.07. The highest BCUT2D eigenvalue weighted by atomic mass is 16.7. The average Bonchev–Trinajstić information content (AvgIpc) is 2.29. The van der Waals surface area contributed by atoms with Crippen molar-refractivity contribution >= 4 is 5.97 Å². The van der Waals surface area contributed by atoms with Crippen molar-refractivity contribution in [2.75, 3.05) is 20.3 Å². The number of rotatable bonds is 5. The predicted molar refractivity (Wildman–Crippen MR) is 55.3 cm³/mol. The standard InChI is InChI=1S/C11H18O4/c1-13-10(12)6-2-4-8-14-11-7-3-5-9-15-11/h2,6,11H,3-5,7-9H2,1H3. The number of ether oxygens (including phenoxy) is 3. The second-order valence-corrected chi connectivity index (χ2v) is 3.38. The van der Waals surface area contributed by atoms with Gasteiger partial charge < -0.3 is 14.2 Å². The highest BCUT2D eigenvalue weighted by Gasteiger charge is 2.12. The van der Waals surface area contributed by atoms with Gasteiger partial charge in [-0.05, 0) is 25.7 Å². The van der Waals surface area contributed by atoms with Gasteiger partial charge in [0.25, 0.3) is 0 Å². The van der Waals surface area contributed by atoms with E-state index in [1.54, 1.807) is 6.08 Å². The second kappa shape index (κ2) is 7.43. The van der Waals surface area contributed by atoms with E-state index < -0.39 is 0 Å². The fourth-order valence-corrected chi connectivity index (χ4v) is 1.36. The molecule has 0 N–H and O–H groups in total. The first kappa shape index (κ1) is 12.2. The third-order valence-electron chi connectivity index (χ3n) is 2.18. The third kappa shape index (κ3) is 5.54. The first-order valence-electron chi connectivity index (χ1n) is 5.30. The fraction of sp³-hybridized carbons (Fsp3) is 0.727. The van der Waals surface area contributed by atoms with E-state index in [-0.39, 0.29) is 12.3 Å². The lowest BCUT2D eigenvalue weighted by molar-refractivity contribution is -0.161. The fourth-order valence-electron chi connectivity index (χ4n) is 1.36. The number of carbonyl (C=O) groups excluding carboxylic acids is 1. The Morgan fingerprint density at radius 2 is 2.40 bits per heavy atom. The molecule has 4 heteroatoms. The lowest BCUT2D eigenvalue weighted by Crippen LogP contribution is -2.22. The molecule has 15 heavy (non-hydrogen) atoms. The van der Waals surface area contributed by atoms with Crippen LogP contribution in [-0.4, -0.2) is 32.6 Å². The number of esters is 1. The molecule has 0 amide bonds. The molecule has 0 aliphatic carbocycles. The van der Waals surface area contributed by atoms with Crippen molar-refractivity contribution in [1.82, 2.24) is 0 Å². The van der Waals surface area contributed by atoms with Crippen molar-refractivity contribution in [3.8, 4) is 0 Å². The quantitative estimate of drug-likeness (QED) is 0.396. The Morgan fingerprint density at radius 3 is 3.07 bits per heavy atom. The molecule has 1 aliphatic rings. The Balaban J connectivity index is 2.00. The van der Waals surface area contributed by atoms with Gasteiger partial charge in [0.05, 0.1) is 13.7 Å². The average molecular weight is 214 g/mol. The Morgan fingerprint density at radius 1 is 1.53 bits per heavy atom. The summed E-state index contributed by atoms with van der Waals surface area (Å²) in [5.41, 5.74) is 0. The molecule has 0 radical (unpaired) electrons. The number of methoxy groups -OCH3 is 1. The molecule has 1 atom stereocenters. The molecular formula is C11H18O4. The minimum absolute atomic E-state index is 0.0507. The molecule has 0 spiro atoms. The van der Waals surface area contributed by atoms with Crippen LogP contribution in [0.3, 0.4) is 0 Å². The molecule has 0 aromatic carbocycles. The zero-order valence-electron chi connectivity index (χ0n) is 9.11. The van der Waals surface area contributed by atoms with E-state index in [4.69, 9.17) is 9.47 Å². The molecule has 1 saturated heterocycles. The van der Waals surface area contributed by atoms with Gasteiger partial charge in [0.2, 0.25) is 0 Å². The first-order chi connectivity index (χ1) is 7.33. The van der Waals surface area contributed by atoms with Gasteiger partial charge in [-0.15, -0.1) is 0 Å². The SMILES string of the molecule is COC(=O)C=CCCOC1CCCCO1. The van der Waals surface area contributed by atoms with E-state index in [2.05, 4.69) is 4.74 Å². The molecular weight excluding hydrogens is 196 g/mol. The van der Waals surface area contributed by atoms with Crippen molar-refractivity contribution in [1.29, 1.82) is 0 Å². The summed E-state index contributed by atoms with van der Waals surface area (Å²) in [4.78, 5) is 10.7. The maximum atomic E-state index is 10.7. The van der Waals surface area contributed by atoms with Crippen LogP contribution in [0.25, 0.3) is 0 Å². The van der Waals surface area contributed by atoms with Crippen LogP contribution in [0.1, 0.15) is 25.7 Å². The molecule has 1 aliphatic heterocycles. The summed E-state index contributed by atoms with van der Waals surface area (Å²) >= 11 is 0. The molecule has 1 heterocycles. The van der Waals surface area contributed by atoms with Crippen LogP contribution in [0.4, 0.5) is 0 Å². The van der Waals surface area contributed by atoms with Gasteiger partial charge in [-0.25, -0.2) is 4.79 Å². The molecule has 0 aromatic heterocycles. The number of hydrogen-bond acceptors (Lipinski definition) is 4. The van der Waals surface area contributed by atoms with Gasteiger partial charge in [-0.2, -0.15) is 0 Å². The molecule has 1 unspecified atom stereocenters. The molecule has 0 bridgehead atoms. The molecule has 4 nitrogen and oxygen atoms in total. The minimum atomic E-state index is -0.330. The van der Waals surface area contributed by atoms with Gasteiger partial charge in [-0.1, -0.05) is 6.08 Å². The largest absolute Gasteiger partial charge is 0.466 e. The van der Waals surface area contributed by atoms with Gasteiger partial charge in [0, 0.05) is 12.7 Å². The molecule has 1 fully saturated rings. The van der Waals surface area contributed by atoms with Crippen molar-refractivity contribution in [2.45, 2.75) is 32.0 Å². The lowest BCUT2D eigenvalue weighted by Gasteiger charge is -2.22. The van der Waals surface area contributed by atoms with E-state index in [0.29, 0.717) is 13.0 Å². The van der Waals surface area contributed by atoms with Crippen LogP contribution in [0.2, 0.25) is 0 Å². The van der Waals surface area contributed by atoms with Crippen molar-refractivity contribution < 1.29 is 19.0 Å². The van der Waals surface area contributed by atoms with E-state index in [9.17, 15) is 4.79 Å². The van der Waals surface area contributed by atoms with Gasteiger partial charge in [0.15, 0.2) is 6.29 Å². The molecule has 1 rings (SSSR count). The Hall–Kier alpha value is -0.870. The summed E-state index contributed by atoms with van der Waals surface area (Å²) in [6.45, 7) is 1.38. The molecule has 0 saturated carbocycles. The number of carbonyl (C=O) groups is 1. The summed E-state index contributed by atoms with van der Waals surface area (Å²) in [5, 5.41) is 0. The van der Waals surface area contributed by atoms with Crippen molar-refractivity contribution in [2.24, 2.45) is 0 Å². The summed E-state index contributed by atoms with van der Waals surface area (Å²) in [5.74, 6) is -0.330. The van der Waals surface area contributed by atoms with E-state index >= 15 is 0 Å². The van der Waals surface area contributed by atoms with Crippen LogP contribution in [0.5, 0.6) is 0 Å². The summed E-state index contributed by atoms with van der Waals surface area (Å²) < 4.78 is 15.3. The van der Waals surface area contributed by atoms with Crippen LogP contribution in [0.15, 0.2) is 12.2 Å². The van der Waals surface area contributed by atoms with Crippen LogP contribution >= 0.6 is 0 Å². The molecule has 0 aromatic rings. The van der Waals surface area contributed by atoms with Crippen molar-refractivity contribution in [3.05, 3.63) is 12.2 Å². The van der Waals surface area contributed by atoms with E-state index in [0.717, 1.165) is 19.4 Å². The maximum Gasteiger partial charge on any atom is 0.330 e. The molecule has 86 valence electrons. The third-order valence-corrected chi connectivity index (χ3v) is 2.18. The topological polar surface area (TPSA) is 44.8 Å². The highest BCUT2D eigenvalue weighted by molar-refractivity contribution is 5.81. The number of hydrogen-bond donors (Lipinski definition) is 0. The smallest absolute Gasteiger partial charge is 0.330 e. The predicted octanol–water partition coefficient (Wildman–Crippen LogP) is 1.65. The summed E-state index contributed by atoms with van der Waals surface area (Å²) in [6, 6.07) is 0. The normalized spacial score (nSPS) is 21.8. The van der Waals surface area contributed by atoms with Gasteiger partial charge in [-0.3, -0.25) is 0 Å². The first-order valence-corrected chi connectivity index (χ1v) is 5.30. The van der Waals surface area contributed by atoms with E-state index in [1.807, 2.05) is 0 Å². The Bertz CT molecular complexity index is 207. The zero-order chi connectivity index (χ0) is 10.9. The van der Waals surface area contributed by atoms with Crippen molar-refractivity contribution in [3.63, 3.8) is 0 Å². The van der Waals surface area contributed by atoms with Crippen LogP contribution < -0.4 is 0 Å². The summed E-state index contributed by atoms with van der Waals surface area (Å²) in [7, 11) is 1.36. The zero-order valence-corrected chi connectivity index (χ0v) is 9.11. The minimum Gasteiger partial charge on any atom is -0.466 e. The Kier molecular flexibility index (Phi) is 6.04. The van der Waals surface area contributed by atoms with Gasteiger partial charge in [0.1, 0.15) is 0 Å². The lowest BCUT2D eigenvalue weighted by atomic mass is 10.2. The van der Waals surface area contributed by atoms with Crippen LogP contribution in [0, 0.1) is 0 Å². The van der Waals surface area contributed by atoms with E-state index in [1.165, 1.54) is 19.6 Å². The van der Waals surface area contributed by atoms with Crippen LogP contribution in [-0.2, 0) is 19.0 Å². The van der Waals surface area contributed by atoms with Gasteiger partial charge >= 0.3 is 5.97 Å². The Labute approximate surface area is 90.2 Å². The monoisotopic (exact) mass is 214 g/mol. The second-order valence-electron chi connectivity index (χ2n) is 3.38. The highest BCUT2D eigenvalue weighted by Crippen LogP contribution is 2.13. The maximum absolute atomic E-state index is 10.7.